The van der Waals surface area contributed by atoms with Gasteiger partial charge in [-0.15, -0.1) is 0 Å². The second kappa shape index (κ2) is 6.19. The largest absolute Gasteiger partial charge is 0.482 e. The molecular weight excluding hydrogens is 226 g/mol. The molecule has 0 saturated carbocycles. The topological polar surface area (TPSA) is 113 Å². The molecular formula is C11H15NO5. The van der Waals surface area contributed by atoms with E-state index in [1.54, 1.807) is 18.2 Å². The lowest BCUT2D eigenvalue weighted by Gasteiger charge is -2.19. The first kappa shape index (κ1) is 13.4. The molecule has 1 aromatic rings. The molecule has 1 rings (SSSR count). The van der Waals surface area contributed by atoms with Crippen LogP contribution < -0.4 is 10.5 Å². The van der Waals surface area contributed by atoms with Gasteiger partial charge in [0.2, 0.25) is 0 Å². The van der Waals surface area contributed by atoms with Crippen LogP contribution in [0.2, 0.25) is 0 Å². The molecule has 2 unspecified atom stereocenters. The molecule has 2 atom stereocenters. The van der Waals surface area contributed by atoms with Gasteiger partial charge in [0.1, 0.15) is 11.9 Å². The summed E-state index contributed by atoms with van der Waals surface area (Å²) in [4.78, 5) is 10.4. The van der Waals surface area contributed by atoms with Gasteiger partial charge in [-0.2, -0.15) is 0 Å². The van der Waals surface area contributed by atoms with Gasteiger partial charge in [-0.05, 0) is 6.07 Å². The highest BCUT2D eigenvalue weighted by Gasteiger charge is 2.20. The number of para-hydroxylation sites is 1. The van der Waals surface area contributed by atoms with Gasteiger partial charge in [0.15, 0.2) is 6.61 Å². The number of rotatable bonds is 6. The van der Waals surface area contributed by atoms with Crippen LogP contribution in [0.15, 0.2) is 24.3 Å². The van der Waals surface area contributed by atoms with Crippen LogP contribution in [0.5, 0.6) is 5.75 Å². The molecule has 0 aromatic heterocycles. The SMILES string of the molecule is NCC(O)C(O)c1ccccc1OCC(=O)O. The Labute approximate surface area is 98.3 Å². The molecule has 94 valence electrons. The summed E-state index contributed by atoms with van der Waals surface area (Å²) in [6, 6.07) is 6.35. The van der Waals surface area contributed by atoms with Crippen molar-refractivity contribution < 1.29 is 24.9 Å². The van der Waals surface area contributed by atoms with E-state index in [-0.39, 0.29) is 12.3 Å². The van der Waals surface area contributed by atoms with Gasteiger partial charge >= 0.3 is 5.97 Å². The molecule has 5 N–H and O–H groups in total. The van der Waals surface area contributed by atoms with Crippen LogP contribution in [0.1, 0.15) is 11.7 Å². The molecule has 0 spiro atoms. The third-order valence-electron chi connectivity index (χ3n) is 2.19. The summed E-state index contributed by atoms with van der Waals surface area (Å²) in [5.41, 5.74) is 5.55. The lowest BCUT2D eigenvalue weighted by Crippen LogP contribution is -2.27. The van der Waals surface area contributed by atoms with E-state index in [0.717, 1.165) is 0 Å². The predicted molar refractivity (Wildman–Crippen MR) is 59.6 cm³/mol. The van der Waals surface area contributed by atoms with Crippen molar-refractivity contribution in [3.63, 3.8) is 0 Å². The highest BCUT2D eigenvalue weighted by Crippen LogP contribution is 2.26. The Morgan fingerprint density at radius 2 is 2.00 bits per heavy atom. The van der Waals surface area contributed by atoms with Crippen molar-refractivity contribution in [1.82, 2.24) is 0 Å². The molecule has 0 bridgehead atoms. The fraction of sp³-hybridized carbons (Fsp3) is 0.364. The lowest BCUT2D eigenvalue weighted by atomic mass is 10.0. The first-order chi connectivity index (χ1) is 8.06. The van der Waals surface area contributed by atoms with Gasteiger partial charge in [-0.25, -0.2) is 4.79 Å². The zero-order valence-electron chi connectivity index (χ0n) is 9.11. The molecule has 0 heterocycles. The van der Waals surface area contributed by atoms with Crippen LogP contribution in [0, 0.1) is 0 Å². The van der Waals surface area contributed by atoms with Crippen molar-refractivity contribution in [2.75, 3.05) is 13.2 Å². The van der Waals surface area contributed by atoms with Gasteiger partial charge in [0.05, 0.1) is 6.10 Å². The second-order valence-corrected chi connectivity index (χ2v) is 3.47. The minimum atomic E-state index is -1.20. The van der Waals surface area contributed by atoms with E-state index in [0.29, 0.717) is 5.56 Å². The number of ether oxygens (including phenoxy) is 1. The molecule has 0 radical (unpaired) electrons. The van der Waals surface area contributed by atoms with Crippen molar-refractivity contribution in [1.29, 1.82) is 0 Å². The summed E-state index contributed by atoms with van der Waals surface area (Å²) in [6.45, 7) is -0.614. The number of carboxylic acid groups (broad SMARTS) is 1. The quantitative estimate of drug-likeness (QED) is 0.534. The second-order valence-electron chi connectivity index (χ2n) is 3.47. The molecule has 0 aliphatic carbocycles. The Balaban J connectivity index is 2.87. The number of benzene rings is 1. The molecule has 0 aliphatic rings. The Kier molecular flexibility index (Phi) is 4.89. The smallest absolute Gasteiger partial charge is 0.341 e. The summed E-state index contributed by atoms with van der Waals surface area (Å²) in [5, 5.41) is 27.7. The standard InChI is InChI=1S/C11H15NO5/c12-5-8(13)11(16)7-3-1-2-4-9(7)17-6-10(14)15/h1-4,8,11,13,16H,5-6,12H2,(H,14,15). The van der Waals surface area contributed by atoms with E-state index < -0.39 is 24.8 Å². The zero-order chi connectivity index (χ0) is 12.8. The summed E-state index contributed by atoms with van der Waals surface area (Å²) in [7, 11) is 0. The summed E-state index contributed by atoms with van der Waals surface area (Å²) < 4.78 is 5.00. The van der Waals surface area contributed by atoms with Crippen molar-refractivity contribution in [3.8, 4) is 5.75 Å². The third-order valence-corrected chi connectivity index (χ3v) is 2.19. The van der Waals surface area contributed by atoms with Gasteiger partial charge in [-0.1, -0.05) is 18.2 Å². The Morgan fingerprint density at radius 3 is 2.59 bits per heavy atom. The van der Waals surface area contributed by atoms with Crippen molar-refractivity contribution in [2.45, 2.75) is 12.2 Å². The highest BCUT2D eigenvalue weighted by molar-refractivity contribution is 5.68. The van der Waals surface area contributed by atoms with Crippen LogP contribution in [-0.2, 0) is 4.79 Å². The average Bonchev–Trinajstić information content (AvgIpc) is 2.34. The van der Waals surface area contributed by atoms with Crippen LogP contribution in [0.25, 0.3) is 0 Å². The maximum atomic E-state index is 10.4. The molecule has 6 heteroatoms. The van der Waals surface area contributed by atoms with Gasteiger partial charge < -0.3 is 25.8 Å². The van der Waals surface area contributed by atoms with E-state index >= 15 is 0 Å². The lowest BCUT2D eigenvalue weighted by molar-refractivity contribution is -0.139. The summed E-state index contributed by atoms with van der Waals surface area (Å²) >= 11 is 0. The first-order valence-electron chi connectivity index (χ1n) is 5.06. The molecule has 17 heavy (non-hydrogen) atoms. The zero-order valence-corrected chi connectivity index (χ0v) is 9.11. The van der Waals surface area contributed by atoms with E-state index in [2.05, 4.69) is 0 Å². The van der Waals surface area contributed by atoms with Gasteiger partial charge in [-0.3, -0.25) is 0 Å². The normalized spacial score (nSPS) is 14.1. The molecule has 0 amide bonds. The highest BCUT2D eigenvalue weighted by atomic mass is 16.5. The molecule has 0 aliphatic heterocycles. The predicted octanol–water partition coefficient (Wildman–Crippen LogP) is -0.497. The third kappa shape index (κ3) is 3.70. The minimum absolute atomic E-state index is 0.103. The molecule has 0 saturated heterocycles. The number of hydrogen-bond acceptors (Lipinski definition) is 5. The van der Waals surface area contributed by atoms with Crippen LogP contribution in [-0.4, -0.2) is 40.5 Å². The summed E-state index contributed by atoms with van der Waals surface area (Å²) in [6.07, 6.45) is -2.32. The number of aliphatic hydroxyl groups is 2. The van der Waals surface area contributed by atoms with Crippen LogP contribution in [0.4, 0.5) is 0 Å². The van der Waals surface area contributed by atoms with Gasteiger partial charge in [0.25, 0.3) is 0 Å². The summed E-state index contributed by atoms with van der Waals surface area (Å²) in [5.74, 6) is -0.899. The Bertz CT molecular complexity index is 382. The number of carbonyl (C=O) groups is 1. The van der Waals surface area contributed by atoms with E-state index in [1.807, 2.05) is 0 Å². The van der Waals surface area contributed by atoms with Crippen LogP contribution >= 0.6 is 0 Å². The molecule has 1 aromatic carbocycles. The molecule has 6 nitrogen and oxygen atoms in total. The number of carboxylic acids is 1. The minimum Gasteiger partial charge on any atom is -0.482 e. The van der Waals surface area contributed by atoms with Gasteiger partial charge in [0, 0.05) is 12.1 Å². The van der Waals surface area contributed by atoms with Crippen LogP contribution in [0.3, 0.4) is 0 Å². The monoisotopic (exact) mass is 241 g/mol. The molecule has 0 fully saturated rings. The number of aliphatic carboxylic acids is 1. The van der Waals surface area contributed by atoms with E-state index in [4.69, 9.17) is 15.6 Å². The Hall–Kier alpha value is -1.63. The van der Waals surface area contributed by atoms with E-state index in [1.165, 1.54) is 6.07 Å². The van der Waals surface area contributed by atoms with E-state index in [9.17, 15) is 15.0 Å². The fourth-order valence-electron chi connectivity index (χ4n) is 1.33. The average molecular weight is 241 g/mol. The van der Waals surface area contributed by atoms with Crippen molar-refractivity contribution in [2.24, 2.45) is 5.73 Å². The maximum absolute atomic E-state index is 10.4. The number of aliphatic hydroxyl groups excluding tert-OH is 2. The number of hydrogen-bond donors (Lipinski definition) is 4. The maximum Gasteiger partial charge on any atom is 0.341 e. The first-order valence-corrected chi connectivity index (χ1v) is 5.06. The Morgan fingerprint density at radius 1 is 1.35 bits per heavy atom. The fourth-order valence-corrected chi connectivity index (χ4v) is 1.33. The van der Waals surface area contributed by atoms with Crippen molar-refractivity contribution >= 4 is 5.97 Å². The number of nitrogens with two attached hydrogens (primary N) is 1. The van der Waals surface area contributed by atoms with Crippen molar-refractivity contribution in [3.05, 3.63) is 29.8 Å².